The molecule has 28 heavy (non-hydrogen) atoms. The molecule has 0 unspecified atom stereocenters. The third-order valence-corrected chi connectivity index (χ3v) is 4.51. The summed E-state index contributed by atoms with van der Waals surface area (Å²) in [7, 11) is 0. The van der Waals surface area contributed by atoms with Gasteiger partial charge < -0.3 is 0 Å². The van der Waals surface area contributed by atoms with Crippen LogP contribution >= 0.6 is 15.9 Å². The molecule has 0 fully saturated rings. The Morgan fingerprint density at radius 3 is 1.68 bits per heavy atom. The van der Waals surface area contributed by atoms with Crippen LogP contribution in [0.2, 0.25) is 0 Å². The van der Waals surface area contributed by atoms with Crippen LogP contribution in [0.15, 0.2) is 40.9 Å². The molecular weight excluding hydrogens is 474 g/mol. The lowest BCUT2D eigenvalue weighted by molar-refractivity contribution is -0.348. The van der Waals surface area contributed by atoms with Gasteiger partial charge in [-0.2, -0.15) is 39.5 Å². The van der Waals surface area contributed by atoms with Gasteiger partial charge in [0, 0.05) is 15.6 Å². The molecule has 0 radical (unpaired) electrons. The largest absolute Gasteiger partial charge is 0.435 e. The van der Waals surface area contributed by atoms with Crippen molar-refractivity contribution in [3.8, 4) is 11.1 Å². The first-order valence-electron chi connectivity index (χ1n) is 7.31. The van der Waals surface area contributed by atoms with Crippen molar-refractivity contribution in [1.29, 1.82) is 0 Å². The summed E-state index contributed by atoms with van der Waals surface area (Å²) in [6, 6.07) is 4.29. The third kappa shape index (κ3) is 3.72. The maximum atomic E-state index is 14.7. The molecular formula is C17H9BrF10. The van der Waals surface area contributed by atoms with E-state index in [2.05, 4.69) is 15.9 Å². The van der Waals surface area contributed by atoms with E-state index in [1.54, 1.807) is 0 Å². The summed E-state index contributed by atoms with van der Waals surface area (Å²) in [4.78, 5) is 0. The predicted molar refractivity (Wildman–Crippen MR) is 84.2 cm³/mol. The third-order valence-electron chi connectivity index (χ3n) is 3.89. The van der Waals surface area contributed by atoms with Gasteiger partial charge in [-0.3, -0.25) is 0 Å². The van der Waals surface area contributed by atoms with E-state index in [1.165, 1.54) is 0 Å². The number of aryl methyl sites for hydroxylation is 1. The van der Waals surface area contributed by atoms with Crippen LogP contribution in [-0.2, 0) is 11.8 Å². The van der Waals surface area contributed by atoms with Gasteiger partial charge in [-0.1, -0.05) is 40.2 Å². The molecule has 2 aromatic rings. The highest BCUT2D eigenvalue weighted by atomic mass is 79.9. The van der Waals surface area contributed by atoms with Gasteiger partial charge in [0.05, 0.1) is 5.56 Å². The first kappa shape index (κ1) is 22.5. The molecule has 0 saturated carbocycles. The minimum atomic E-state index is -6.47. The van der Waals surface area contributed by atoms with E-state index in [0.717, 1.165) is 25.1 Å². The molecule has 0 N–H and O–H groups in total. The molecule has 0 heterocycles. The van der Waals surface area contributed by atoms with Crippen LogP contribution in [0.1, 0.15) is 16.7 Å². The molecule has 0 aliphatic heterocycles. The highest BCUT2D eigenvalue weighted by Gasteiger charge is 2.74. The fourth-order valence-corrected chi connectivity index (χ4v) is 3.49. The van der Waals surface area contributed by atoms with Gasteiger partial charge in [0.1, 0.15) is 0 Å². The van der Waals surface area contributed by atoms with Crippen molar-refractivity contribution >= 4 is 15.9 Å². The van der Waals surface area contributed by atoms with Crippen molar-refractivity contribution in [2.24, 2.45) is 0 Å². The second-order valence-corrected chi connectivity index (χ2v) is 6.72. The fraction of sp³-hybridized carbons (Fsp3) is 0.294. The summed E-state index contributed by atoms with van der Waals surface area (Å²) < 4.78 is 134. The molecule has 11 heteroatoms. The molecule has 0 amide bonds. The molecule has 0 saturated heterocycles. The van der Waals surface area contributed by atoms with Crippen LogP contribution < -0.4 is 0 Å². The van der Waals surface area contributed by atoms with Crippen molar-refractivity contribution in [3.05, 3.63) is 57.6 Å². The van der Waals surface area contributed by atoms with Gasteiger partial charge in [0.15, 0.2) is 0 Å². The summed E-state index contributed by atoms with van der Waals surface area (Å²) in [5.74, 6) is 0. The van der Waals surface area contributed by atoms with Crippen LogP contribution in [0.3, 0.4) is 0 Å². The maximum absolute atomic E-state index is 14.7. The second kappa shape index (κ2) is 6.93. The van der Waals surface area contributed by atoms with E-state index in [0.29, 0.717) is 12.1 Å². The Bertz CT molecular complexity index is 863. The SMILES string of the molecule is Cc1cc(Br)c(-c2ccccc2C(F)(F)F)c(C(F)(C(F)(F)F)C(F)(F)F)c1. The van der Waals surface area contributed by atoms with Crippen molar-refractivity contribution in [2.45, 2.75) is 31.1 Å². The topological polar surface area (TPSA) is 0 Å². The molecule has 0 atom stereocenters. The van der Waals surface area contributed by atoms with Gasteiger partial charge in [0.25, 0.3) is 0 Å². The smallest absolute Gasteiger partial charge is 0.218 e. The normalized spacial score (nSPS) is 13.7. The Hall–Kier alpha value is -1.78. The van der Waals surface area contributed by atoms with Crippen LogP contribution in [0.5, 0.6) is 0 Å². The lowest BCUT2D eigenvalue weighted by Gasteiger charge is -2.33. The zero-order valence-electron chi connectivity index (χ0n) is 13.6. The van der Waals surface area contributed by atoms with Crippen LogP contribution in [-0.4, -0.2) is 12.4 Å². The monoisotopic (exact) mass is 482 g/mol. The first-order valence-corrected chi connectivity index (χ1v) is 8.10. The van der Waals surface area contributed by atoms with Crippen LogP contribution in [0, 0.1) is 6.92 Å². The molecule has 0 aliphatic rings. The zero-order chi connectivity index (χ0) is 21.7. The van der Waals surface area contributed by atoms with Crippen molar-refractivity contribution in [3.63, 3.8) is 0 Å². The Morgan fingerprint density at radius 1 is 0.714 bits per heavy atom. The summed E-state index contributed by atoms with van der Waals surface area (Å²) in [5.41, 5.74) is -11.8. The number of halogens is 11. The number of alkyl halides is 10. The van der Waals surface area contributed by atoms with Gasteiger partial charge in [-0.15, -0.1) is 0 Å². The summed E-state index contributed by atoms with van der Waals surface area (Å²) in [6.45, 7) is 1.08. The molecule has 2 rings (SSSR count). The summed E-state index contributed by atoms with van der Waals surface area (Å²) in [5, 5.41) is 0. The molecule has 0 aliphatic carbocycles. The van der Waals surface area contributed by atoms with Gasteiger partial charge in [-0.25, -0.2) is 4.39 Å². The van der Waals surface area contributed by atoms with E-state index in [-0.39, 0.29) is 11.6 Å². The highest BCUT2D eigenvalue weighted by molar-refractivity contribution is 9.10. The lowest BCUT2D eigenvalue weighted by Crippen LogP contribution is -2.50. The first-order chi connectivity index (χ1) is 12.5. The molecule has 154 valence electrons. The Morgan fingerprint density at radius 2 is 1.21 bits per heavy atom. The summed E-state index contributed by atoms with van der Waals surface area (Å²) in [6.07, 6.45) is -18.0. The second-order valence-electron chi connectivity index (χ2n) is 5.87. The van der Waals surface area contributed by atoms with Gasteiger partial charge in [-0.05, 0) is 30.2 Å². The molecule has 0 aromatic heterocycles. The molecule has 2 aromatic carbocycles. The van der Waals surface area contributed by atoms with E-state index < -0.39 is 50.9 Å². The molecule has 0 bridgehead atoms. The van der Waals surface area contributed by atoms with Crippen molar-refractivity contribution < 1.29 is 43.9 Å². The molecule has 0 spiro atoms. The van der Waals surface area contributed by atoms with Crippen molar-refractivity contribution in [2.75, 3.05) is 0 Å². The Kier molecular flexibility index (Phi) is 5.57. The number of benzene rings is 2. The summed E-state index contributed by atoms with van der Waals surface area (Å²) >= 11 is 2.69. The highest BCUT2D eigenvalue weighted by Crippen LogP contribution is 2.57. The van der Waals surface area contributed by atoms with Crippen LogP contribution in [0.4, 0.5) is 43.9 Å². The van der Waals surface area contributed by atoms with E-state index >= 15 is 0 Å². The van der Waals surface area contributed by atoms with Gasteiger partial charge in [0.2, 0.25) is 0 Å². The number of hydrogen-bond acceptors (Lipinski definition) is 0. The average Bonchev–Trinajstić information content (AvgIpc) is 2.50. The fourth-order valence-electron chi connectivity index (χ4n) is 2.70. The van der Waals surface area contributed by atoms with E-state index in [9.17, 15) is 43.9 Å². The van der Waals surface area contributed by atoms with E-state index in [1.807, 2.05) is 0 Å². The predicted octanol–water partition coefficient (Wildman–Crippen LogP) is 7.73. The quantitative estimate of drug-likeness (QED) is 0.384. The minimum Gasteiger partial charge on any atom is -0.218 e. The maximum Gasteiger partial charge on any atom is 0.435 e. The van der Waals surface area contributed by atoms with Crippen LogP contribution in [0.25, 0.3) is 11.1 Å². The Balaban J connectivity index is 3.03. The minimum absolute atomic E-state index is 0.217. The zero-order valence-corrected chi connectivity index (χ0v) is 15.2. The van der Waals surface area contributed by atoms with Gasteiger partial charge >= 0.3 is 24.2 Å². The number of hydrogen-bond donors (Lipinski definition) is 0. The van der Waals surface area contributed by atoms with Crippen molar-refractivity contribution in [1.82, 2.24) is 0 Å². The Labute approximate surface area is 160 Å². The lowest BCUT2D eigenvalue weighted by atomic mass is 9.84. The standard InChI is InChI=1S/C17H9BrF10/c1-8-6-11(14(19,16(23,24)25)17(26,27)28)13(12(18)7-8)9-4-2-3-5-10(9)15(20,21)22/h2-7H,1H3. The van der Waals surface area contributed by atoms with E-state index in [4.69, 9.17) is 0 Å². The average molecular weight is 483 g/mol. The number of rotatable bonds is 2. The molecule has 0 nitrogen and oxygen atoms in total.